The molecule has 0 bridgehead atoms. The molecule has 1 aliphatic carbocycles. The molecule has 86 valence electrons. The van der Waals surface area contributed by atoms with E-state index in [0.717, 1.165) is 19.0 Å². The van der Waals surface area contributed by atoms with Gasteiger partial charge in [-0.3, -0.25) is 0 Å². The Morgan fingerprint density at radius 3 is 2.67 bits per heavy atom. The van der Waals surface area contributed by atoms with Crippen molar-refractivity contribution in [3.63, 3.8) is 0 Å². The number of hydrogen-bond donors (Lipinski definition) is 1. The van der Waals surface area contributed by atoms with Gasteiger partial charge in [-0.2, -0.15) is 0 Å². The van der Waals surface area contributed by atoms with E-state index in [-0.39, 0.29) is 0 Å². The van der Waals surface area contributed by atoms with Crippen LogP contribution in [-0.4, -0.2) is 24.8 Å². The molecule has 2 atom stereocenters. The van der Waals surface area contributed by atoms with Crippen LogP contribution in [-0.2, 0) is 4.74 Å². The average molecular weight is 209 g/mol. The summed E-state index contributed by atoms with van der Waals surface area (Å²) in [6.07, 6.45) is 9.49. The first-order valence-corrected chi connectivity index (χ1v) is 6.36. The minimum atomic E-state index is 0.385. The molecule has 2 heteroatoms. The zero-order valence-corrected chi connectivity index (χ0v) is 9.96. The van der Waals surface area contributed by atoms with Gasteiger partial charge in [-0.05, 0) is 39.0 Å². The van der Waals surface area contributed by atoms with E-state index in [1.54, 1.807) is 0 Å². The normalized spacial score (nSPS) is 32.3. The van der Waals surface area contributed by atoms with E-state index >= 15 is 0 Å². The van der Waals surface area contributed by atoms with Crippen LogP contribution >= 0.6 is 0 Å². The maximum atomic E-state index is 5.81. The highest BCUT2D eigenvalue weighted by Gasteiger charge is 2.22. The van der Waals surface area contributed by atoms with Gasteiger partial charge in [0.2, 0.25) is 0 Å². The molecule has 0 aromatic carbocycles. The first kappa shape index (κ1) is 11.2. The molecule has 1 saturated heterocycles. The summed E-state index contributed by atoms with van der Waals surface area (Å²) in [5.74, 6) is 0. The summed E-state index contributed by atoms with van der Waals surface area (Å²) in [5, 5.41) is 3.57. The van der Waals surface area contributed by atoms with E-state index < -0.39 is 0 Å². The van der Waals surface area contributed by atoms with Crippen molar-refractivity contribution in [1.29, 1.82) is 0 Å². The van der Waals surface area contributed by atoms with Crippen LogP contribution in [0.25, 0.3) is 0 Å². The van der Waals surface area contributed by atoms with Gasteiger partial charge >= 0.3 is 0 Å². The van der Waals surface area contributed by atoms with Gasteiger partial charge in [0.15, 0.2) is 0 Å². The minimum Gasteiger partial charge on any atom is -0.371 e. The summed E-state index contributed by atoms with van der Waals surface area (Å²) >= 11 is 0. The van der Waals surface area contributed by atoms with Gasteiger partial charge in [-0.1, -0.05) is 18.6 Å². The van der Waals surface area contributed by atoms with Gasteiger partial charge in [0, 0.05) is 12.6 Å². The van der Waals surface area contributed by atoms with Gasteiger partial charge in [0.05, 0.1) is 12.2 Å². The van der Waals surface area contributed by atoms with Crippen LogP contribution in [0.4, 0.5) is 0 Å². The standard InChI is InChI=1S/C13H23NO/c1-3-11(9-14-12-5-6-12)8-13-7-4-10(2)15-13/h8,10,12-14H,3-7,9H2,1-2H3/b11-8+. The van der Waals surface area contributed by atoms with Crippen molar-refractivity contribution in [3.8, 4) is 0 Å². The molecule has 0 aromatic rings. The fourth-order valence-corrected chi connectivity index (χ4v) is 2.08. The van der Waals surface area contributed by atoms with E-state index in [0.29, 0.717) is 12.2 Å². The summed E-state index contributed by atoms with van der Waals surface area (Å²) in [6.45, 7) is 5.47. The monoisotopic (exact) mass is 209 g/mol. The maximum absolute atomic E-state index is 5.81. The Hall–Kier alpha value is -0.340. The van der Waals surface area contributed by atoms with Crippen LogP contribution in [0.5, 0.6) is 0 Å². The van der Waals surface area contributed by atoms with Crippen molar-refractivity contribution >= 4 is 0 Å². The molecule has 2 rings (SSSR count). The van der Waals surface area contributed by atoms with Crippen LogP contribution < -0.4 is 5.32 Å². The van der Waals surface area contributed by atoms with Crippen molar-refractivity contribution in [1.82, 2.24) is 5.32 Å². The molecule has 0 amide bonds. The fraction of sp³-hybridized carbons (Fsp3) is 0.846. The van der Waals surface area contributed by atoms with Gasteiger partial charge in [-0.15, -0.1) is 0 Å². The molecule has 1 aliphatic heterocycles. The highest BCUT2D eigenvalue weighted by atomic mass is 16.5. The van der Waals surface area contributed by atoms with E-state index in [1.165, 1.54) is 31.3 Å². The third kappa shape index (κ3) is 3.62. The first-order chi connectivity index (χ1) is 7.28. The van der Waals surface area contributed by atoms with E-state index in [1.807, 2.05) is 0 Å². The van der Waals surface area contributed by atoms with Crippen LogP contribution in [0.2, 0.25) is 0 Å². The summed E-state index contributed by atoms with van der Waals surface area (Å²) in [5.41, 5.74) is 1.51. The molecule has 1 heterocycles. The Bertz CT molecular complexity index is 233. The molecular formula is C13H23NO. The molecule has 1 saturated carbocycles. The Kier molecular flexibility index (Phi) is 3.81. The lowest BCUT2D eigenvalue weighted by Crippen LogP contribution is -2.20. The highest BCUT2D eigenvalue weighted by molar-refractivity contribution is 5.08. The summed E-state index contributed by atoms with van der Waals surface area (Å²) in [6, 6.07) is 0.809. The third-order valence-corrected chi connectivity index (χ3v) is 3.34. The Morgan fingerprint density at radius 2 is 2.13 bits per heavy atom. The summed E-state index contributed by atoms with van der Waals surface area (Å²) < 4.78 is 5.81. The van der Waals surface area contributed by atoms with Crippen LogP contribution in [0.15, 0.2) is 11.6 Å². The molecule has 0 radical (unpaired) electrons. The summed E-state index contributed by atoms with van der Waals surface area (Å²) in [4.78, 5) is 0. The van der Waals surface area contributed by atoms with Gasteiger partial charge < -0.3 is 10.1 Å². The molecule has 2 nitrogen and oxygen atoms in total. The molecule has 0 spiro atoms. The highest BCUT2D eigenvalue weighted by Crippen LogP contribution is 2.22. The molecule has 1 N–H and O–H groups in total. The van der Waals surface area contributed by atoms with Crippen LogP contribution in [0.3, 0.4) is 0 Å². The number of nitrogens with one attached hydrogen (secondary N) is 1. The fourth-order valence-electron chi connectivity index (χ4n) is 2.08. The largest absolute Gasteiger partial charge is 0.371 e. The van der Waals surface area contributed by atoms with Crippen molar-refractivity contribution < 1.29 is 4.74 Å². The molecule has 0 aromatic heterocycles. The molecule has 15 heavy (non-hydrogen) atoms. The maximum Gasteiger partial charge on any atom is 0.0763 e. The third-order valence-electron chi connectivity index (χ3n) is 3.34. The topological polar surface area (TPSA) is 21.3 Å². The second kappa shape index (κ2) is 5.13. The van der Waals surface area contributed by atoms with Crippen molar-refractivity contribution in [2.75, 3.05) is 6.54 Å². The SMILES string of the molecule is CC/C(=C\C1CCC(C)O1)CNC1CC1. The first-order valence-electron chi connectivity index (χ1n) is 6.36. The second-order valence-corrected chi connectivity index (χ2v) is 4.90. The van der Waals surface area contributed by atoms with Crippen molar-refractivity contribution in [3.05, 3.63) is 11.6 Å². The predicted octanol–water partition coefficient (Wildman–Crippen LogP) is 2.64. The van der Waals surface area contributed by atoms with Gasteiger partial charge in [0.1, 0.15) is 0 Å². The Balaban J connectivity index is 1.78. The van der Waals surface area contributed by atoms with E-state index in [9.17, 15) is 0 Å². The van der Waals surface area contributed by atoms with E-state index in [4.69, 9.17) is 4.74 Å². The average Bonchev–Trinajstić information content (AvgIpc) is 2.97. The quantitative estimate of drug-likeness (QED) is 0.703. The number of hydrogen-bond acceptors (Lipinski definition) is 2. The molecular weight excluding hydrogens is 186 g/mol. The van der Waals surface area contributed by atoms with Crippen LogP contribution in [0.1, 0.15) is 46.0 Å². The van der Waals surface area contributed by atoms with Crippen molar-refractivity contribution in [2.24, 2.45) is 0 Å². The second-order valence-electron chi connectivity index (χ2n) is 4.90. The zero-order chi connectivity index (χ0) is 10.7. The van der Waals surface area contributed by atoms with Gasteiger partial charge in [-0.25, -0.2) is 0 Å². The Morgan fingerprint density at radius 1 is 1.33 bits per heavy atom. The molecule has 2 aliphatic rings. The van der Waals surface area contributed by atoms with Gasteiger partial charge in [0.25, 0.3) is 0 Å². The minimum absolute atomic E-state index is 0.385. The molecule has 2 fully saturated rings. The van der Waals surface area contributed by atoms with E-state index in [2.05, 4.69) is 25.2 Å². The lowest BCUT2D eigenvalue weighted by Gasteiger charge is -2.10. The van der Waals surface area contributed by atoms with Crippen molar-refractivity contribution in [2.45, 2.75) is 64.2 Å². The van der Waals surface area contributed by atoms with Crippen LogP contribution in [0, 0.1) is 0 Å². The number of rotatable bonds is 5. The summed E-state index contributed by atoms with van der Waals surface area (Å²) in [7, 11) is 0. The molecule has 2 unspecified atom stereocenters. The Labute approximate surface area is 93.1 Å². The predicted molar refractivity (Wildman–Crippen MR) is 63.0 cm³/mol. The number of ether oxygens (including phenoxy) is 1. The lowest BCUT2D eigenvalue weighted by atomic mass is 10.1. The smallest absolute Gasteiger partial charge is 0.0763 e. The zero-order valence-electron chi connectivity index (χ0n) is 9.96. The lowest BCUT2D eigenvalue weighted by molar-refractivity contribution is 0.0827.